The van der Waals surface area contributed by atoms with Gasteiger partial charge in [0.05, 0.1) is 0 Å². The highest BCUT2D eigenvalue weighted by atomic mass is 32.2. The van der Waals surface area contributed by atoms with Gasteiger partial charge in [0.25, 0.3) is 10.1 Å². The third-order valence-electron chi connectivity index (χ3n) is 2.40. The van der Waals surface area contributed by atoms with Crippen LogP contribution in [-0.4, -0.2) is 42.4 Å². The minimum Gasteiger partial charge on any atom is -0.480 e. The van der Waals surface area contributed by atoms with Gasteiger partial charge in [-0.25, -0.2) is 0 Å². The molecule has 18 heavy (non-hydrogen) atoms. The van der Waals surface area contributed by atoms with Crippen molar-refractivity contribution in [3.05, 3.63) is 35.9 Å². The predicted molar refractivity (Wildman–Crippen MR) is 66.0 cm³/mol. The molecule has 1 atom stereocenters. The number of carboxylic acid groups (broad SMARTS) is 1. The van der Waals surface area contributed by atoms with Crippen LogP contribution in [0.1, 0.15) is 5.56 Å². The van der Waals surface area contributed by atoms with E-state index in [0.717, 1.165) is 5.56 Å². The van der Waals surface area contributed by atoms with Crippen LogP contribution in [0.15, 0.2) is 30.3 Å². The first-order chi connectivity index (χ1) is 8.41. The van der Waals surface area contributed by atoms with Crippen LogP contribution in [0.5, 0.6) is 0 Å². The van der Waals surface area contributed by atoms with Crippen molar-refractivity contribution in [2.45, 2.75) is 11.7 Å². The van der Waals surface area contributed by atoms with E-state index in [9.17, 15) is 13.2 Å². The molecule has 0 spiro atoms. The fourth-order valence-corrected chi connectivity index (χ4v) is 2.01. The number of benzene rings is 1. The maximum atomic E-state index is 10.8. The van der Waals surface area contributed by atoms with Crippen LogP contribution in [0.3, 0.4) is 0 Å². The Morgan fingerprint density at radius 2 is 1.89 bits per heavy atom. The number of nitrogens with one attached hydrogen (secondary N) is 1. The zero-order chi connectivity index (χ0) is 13.6. The summed E-state index contributed by atoms with van der Waals surface area (Å²) in [5, 5.41) is 9.52. The summed E-state index contributed by atoms with van der Waals surface area (Å²) in [6.07, 6.45) is 0.651. The average Bonchev–Trinajstić information content (AvgIpc) is 2.27. The van der Waals surface area contributed by atoms with E-state index in [0.29, 0.717) is 13.0 Å². The highest BCUT2D eigenvalue weighted by molar-refractivity contribution is 7.87. The second kappa shape index (κ2) is 6.48. The van der Waals surface area contributed by atoms with Gasteiger partial charge in [-0.2, -0.15) is 8.42 Å². The molecule has 1 aromatic carbocycles. The van der Waals surface area contributed by atoms with Crippen LogP contribution in [0.25, 0.3) is 0 Å². The number of hydrogen-bond acceptors (Lipinski definition) is 4. The molecule has 0 aromatic heterocycles. The van der Waals surface area contributed by atoms with E-state index in [1.165, 1.54) is 0 Å². The molecule has 0 saturated heterocycles. The minimum absolute atomic E-state index is 0.318. The van der Waals surface area contributed by atoms with Crippen LogP contribution in [0.2, 0.25) is 0 Å². The third kappa shape index (κ3) is 4.82. The molecular weight excluding hydrogens is 258 g/mol. The monoisotopic (exact) mass is 273 g/mol. The van der Waals surface area contributed by atoms with Crippen LogP contribution >= 0.6 is 0 Å². The molecule has 0 amide bonds. The molecular formula is C11H15NO5S. The molecule has 6 nitrogen and oxygen atoms in total. The molecule has 0 aliphatic carbocycles. The van der Waals surface area contributed by atoms with Gasteiger partial charge < -0.3 is 10.4 Å². The minimum atomic E-state index is -4.57. The maximum absolute atomic E-state index is 10.8. The lowest BCUT2D eigenvalue weighted by Gasteiger charge is -2.10. The van der Waals surface area contributed by atoms with Gasteiger partial charge in [-0.3, -0.25) is 9.35 Å². The molecule has 0 fully saturated rings. The summed E-state index contributed by atoms with van der Waals surface area (Å²) < 4.78 is 30.3. The summed E-state index contributed by atoms with van der Waals surface area (Å²) in [6.45, 7) is 0.115. The smallest absolute Gasteiger partial charge is 0.325 e. The number of rotatable bonds is 7. The van der Waals surface area contributed by atoms with Crippen molar-refractivity contribution in [1.82, 2.24) is 5.32 Å². The summed E-state index contributed by atoms with van der Waals surface area (Å²) in [4.78, 5) is 10.6. The molecule has 0 radical (unpaired) electrons. The van der Waals surface area contributed by atoms with E-state index >= 15 is 0 Å². The van der Waals surface area contributed by atoms with E-state index in [1.54, 1.807) is 0 Å². The van der Waals surface area contributed by atoms with E-state index in [4.69, 9.17) is 9.66 Å². The fourth-order valence-electron chi connectivity index (χ4n) is 1.43. The van der Waals surface area contributed by atoms with Crippen LogP contribution in [0, 0.1) is 0 Å². The summed E-state index contributed by atoms with van der Waals surface area (Å²) in [6, 6.07) is 9.48. The number of carboxylic acids is 1. The second-order valence-corrected chi connectivity index (χ2v) is 5.38. The van der Waals surface area contributed by atoms with Crippen molar-refractivity contribution in [3.63, 3.8) is 0 Å². The standard InChI is InChI=1S/C11H15NO5S/c13-11(14)10(18(15,16)17)8-12-7-6-9-4-2-1-3-5-9/h1-5,10,12H,6-8H2,(H,13,14)(H,15,16,17). The maximum Gasteiger partial charge on any atom is 0.325 e. The Kier molecular flexibility index (Phi) is 5.26. The topological polar surface area (TPSA) is 104 Å². The Labute approximate surface area is 105 Å². The Bertz CT molecular complexity index is 485. The molecule has 0 aliphatic heterocycles. The normalized spacial score (nSPS) is 13.2. The van der Waals surface area contributed by atoms with E-state index < -0.39 is 21.3 Å². The third-order valence-corrected chi connectivity index (χ3v) is 3.49. The summed E-state index contributed by atoms with van der Waals surface area (Å²) in [7, 11) is -4.57. The number of carbonyl (C=O) groups is 1. The van der Waals surface area contributed by atoms with Crippen molar-refractivity contribution < 1.29 is 22.9 Å². The lowest BCUT2D eigenvalue weighted by molar-refractivity contribution is -0.136. The molecule has 100 valence electrons. The summed E-state index contributed by atoms with van der Waals surface area (Å²) in [5.41, 5.74) is 1.06. The average molecular weight is 273 g/mol. The predicted octanol–water partition coefficient (Wildman–Crippen LogP) is 0.160. The van der Waals surface area contributed by atoms with Crippen molar-refractivity contribution in [2.24, 2.45) is 0 Å². The molecule has 1 unspecified atom stereocenters. The Morgan fingerprint density at radius 1 is 1.28 bits per heavy atom. The molecule has 1 rings (SSSR count). The first-order valence-electron chi connectivity index (χ1n) is 5.35. The van der Waals surface area contributed by atoms with Crippen LogP contribution in [-0.2, 0) is 21.3 Å². The lowest BCUT2D eigenvalue weighted by atomic mass is 10.1. The Morgan fingerprint density at radius 3 is 2.39 bits per heavy atom. The SMILES string of the molecule is O=C(O)C(CNCCc1ccccc1)S(=O)(=O)O. The quantitative estimate of drug-likeness (QED) is 0.483. The van der Waals surface area contributed by atoms with Gasteiger partial charge in [0.15, 0.2) is 5.25 Å². The van der Waals surface area contributed by atoms with E-state index in [1.807, 2.05) is 30.3 Å². The molecule has 0 heterocycles. The van der Waals surface area contributed by atoms with Crippen molar-refractivity contribution in [2.75, 3.05) is 13.1 Å². The summed E-state index contributed by atoms with van der Waals surface area (Å²) >= 11 is 0. The first-order valence-corrected chi connectivity index (χ1v) is 6.85. The molecule has 0 saturated carbocycles. The van der Waals surface area contributed by atoms with Gasteiger partial charge in [0.2, 0.25) is 0 Å². The highest BCUT2D eigenvalue weighted by Crippen LogP contribution is 2.00. The van der Waals surface area contributed by atoms with Crippen molar-refractivity contribution >= 4 is 16.1 Å². The second-order valence-electron chi connectivity index (χ2n) is 3.78. The van der Waals surface area contributed by atoms with E-state index in [2.05, 4.69) is 5.32 Å². The summed E-state index contributed by atoms with van der Waals surface area (Å²) in [5.74, 6) is -1.57. The van der Waals surface area contributed by atoms with Crippen molar-refractivity contribution in [3.8, 4) is 0 Å². The number of hydrogen-bond donors (Lipinski definition) is 3. The Hall–Kier alpha value is -1.44. The largest absolute Gasteiger partial charge is 0.480 e. The lowest BCUT2D eigenvalue weighted by Crippen LogP contribution is -2.39. The molecule has 1 aromatic rings. The zero-order valence-corrected chi connectivity index (χ0v) is 10.4. The Balaban J connectivity index is 2.39. The molecule has 7 heteroatoms. The molecule has 3 N–H and O–H groups in total. The fraction of sp³-hybridized carbons (Fsp3) is 0.364. The van der Waals surface area contributed by atoms with Gasteiger partial charge >= 0.3 is 5.97 Å². The van der Waals surface area contributed by atoms with Gasteiger partial charge in [-0.05, 0) is 18.5 Å². The van der Waals surface area contributed by atoms with Crippen LogP contribution < -0.4 is 5.32 Å². The van der Waals surface area contributed by atoms with Gasteiger partial charge in [-0.1, -0.05) is 30.3 Å². The van der Waals surface area contributed by atoms with Crippen LogP contribution in [0.4, 0.5) is 0 Å². The molecule has 0 bridgehead atoms. The molecule has 0 aliphatic rings. The number of aliphatic carboxylic acids is 1. The van der Waals surface area contributed by atoms with Gasteiger partial charge in [0, 0.05) is 6.54 Å². The van der Waals surface area contributed by atoms with Gasteiger partial charge in [0.1, 0.15) is 0 Å². The zero-order valence-electron chi connectivity index (χ0n) is 9.61. The first kappa shape index (κ1) is 14.6. The van der Waals surface area contributed by atoms with Gasteiger partial charge in [-0.15, -0.1) is 0 Å². The van der Waals surface area contributed by atoms with E-state index in [-0.39, 0.29) is 6.54 Å². The highest BCUT2D eigenvalue weighted by Gasteiger charge is 2.30. The van der Waals surface area contributed by atoms with Crippen molar-refractivity contribution in [1.29, 1.82) is 0 Å².